The van der Waals surface area contributed by atoms with E-state index in [0.29, 0.717) is 50.0 Å². The molecule has 36 heavy (non-hydrogen) atoms. The van der Waals surface area contributed by atoms with Gasteiger partial charge in [0.1, 0.15) is 6.04 Å². The molecule has 0 saturated heterocycles. The second-order valence-electron chi connectivity index (χ2n) is 7.75. The number of aromatic nitrogens is 3. The molecule has 1 aliphatic rings. The van der Waals surface area contributed by atoms with Gasteiger partial charge in [-0.1, -0.05) is 35.5 Å². The van der Waals surface area contributed by atoms with E-state index < -0.39 is 12.0 Å². The molecule has 0 unspecified atom stereocenters. The van der Waals surface area contributed by atoms with Crippen LogP contribution in [0.5, 0.6) is 11.5 Å². The zero-order chi connectivity index (χ0) is 25.8. The molecule has 0 saturated carbocycles. The van der Waals surface area contributed by atoms with E-state index in [2.05, 4.69) is 15.4 Å². The maximum absolute atomic E-state index is 13.0. The summed E-state index contributed by atoms with van der Waals surface area (Å²) >= 11 is 7.12. The van der Waals surface area contributed by atoms with Crippen LogP contribution in [0.4, 0.5) is 5.95 Å². The van der Waals surface area contributed by atoms with Gasteiger partial charge in [0.15, 0.2) is 17.3 Å². The number of fused-ring (bicyclic) bond motifs is 1. The number of carbonyl (C=O) groups excluding carboxylic acids is 2. The molecule has 11 heteroatoms. The lowest BCUT2D eigenvalue weighted by molar-refractivity contribution is -0.139. The normalized spacial score (nSPS) is 14.6. The first-order chi connectivity index (χ1) is 17.4. The fraction of sp³-hybridized carbons (Fsp3) is 0.280. The minimum absolute atomic E-state index is 0.0788. The van der Waals surface area contributed by atoms with Crippen molar-refractivity contribution >= 4 is 41.1 Å². The molecule has 1 aliphatic heterocycles. The molecule has 2 heterocycles. The second-order valence-corrected chi connectivity index (χ2v) is 9.13. The third-order valence-corrected chi connectivity index (χ3v) is 6.64. The minimum Gasteiger partial charge on any atom is -0.493 e. The number of benzene rings is 2. The highest BCUT2D eigenvalue weighted by atomic mass is 35.5. The average Bonchev–Trinajstić information content (AvgIpc) is 3.28. The molecule has 0 fully saturated rings. The summed E-state index contributed by atoms with van der Waals surface area (Å²) in [5.74, 6) is 0.983. The van der Waals surface area contributed by atoms with Crippen molar-refractivity contribution in [3.05, 3.63) is 69.9 Å². The number of hydrogen-bond donors (Lipinski definition) is 1. The van der Waals surface area contributed by atoms with Gasteiger partial charge >= 0.3 is 5.97 Å². The number of anilines is 1. The summed E-state index contributed by atoms with van der Waals surface area (Å²) in [6.07, 6.45) is 0. The molecule has 4 rings (SSSR count). The van der Waals surface area contributed by atoms with Crippen molar-refractivity contribution in [3.8, 4) is 11.5 Å². The Balaban J connectivity index is 1.71. The van der Waals surface area contributed by atoms with Gasteiger partial charge in [-0.3, -0.25) is 4.79 Å². The molecule has 0 aliphatic carbocycles. The van der Waals surface area contributed by atoms with Gasteiger partial charge < -0.3 is 19.5 Å². The molecule has 1 atom stereocenters. The Bertz CT molecular complexity index is 1320. The van der Waals surface area contributed by atoms with Crippen LogP contribution >= 0.6 is 23.4 Å². The first-order valence-electron chi connectivity index (χ1n) is 11.1. The van der Waals surface area contributed by atoms with Gasteiger partial charge in [0.2, 0.25) is 11.1 Å². The van der Waals surface area contributed by atoms with E-state index in [9.17, 15) is 9.59 Å². The number of nitrogens with one attached hydrogen (secondary N) is 1. The van der Waals surface area contributed by atoms with Crippen LogP contribution in [-0.2, 0) is 9.53 Å². The van der Waals surface area contributed by atoms with Gasteiger partial charge in [-0.2, -0.15) is 4.98 Å². The van der Waals surface area contributed by atoms with E-state index >= 15 is 0 Å². The first kappa shape index (κ1) is 25.6. The lowest BCUT2D eigenvalue weighted by atomic mass is 9.94. The van der Waals surface area contributed by atoms with Crippen LogP contribution in [0.1, 0.15) is 35.8 Å². The number of Topliss-reactive ketones (excluding diaryl/α,β-unsaturated/α-hetero) is 1. The average molecular weight is 529 g/mol. The van der Waals surface area contributed by atoms with Crippen LogP contribution in [0.25, 0.3) is 0 Å². The number of methoxy groups -OCH3 is 2. The van der Waals surface area contributed by atoms with E-state index in [4.69, 9.17) is 25.8 Å². The van der Waals surface area contributed by atoms with Crippen molar-refractivity contribution in [1.82, 2.24) is 14.8 Å². The second kappa shape index (κ2) is 11.0. The standard InChI is InChI=1S/C25H25ClN4O5S/c1-5-35-23(32)20-14(2)27-24-28-25(36-13-18(31)15-9-11-16(26)12-10-15)29-30(24)21(20)17-7-6-8-19(33-3)22(17)34-4/h6-12,21H,5,13H2,1-4H3,(H,27,28,29)/t21-/m1/s1. The lowest BCUT2D eigenvalue weighted by Gasteiger charge is -2.29. The maximum Gasteiger partial charge on any atom is 0.338 e. The maximum atomic E-state index is 13.0. The molecule has 1 N–H and O–H groups in total. The Morgan fingerprint density at radius 2 is 1.89 bits per heavy atom. The van der Waals surface area contributed by atoms with E-state index in [0.717, 1.165) is 0 Å². The number of para-hydroxylation sites is 1. The van der Waals surface area contributed by atoms with Crippen molar-refractivity contribution in [3.63, 3.8) is 0 Å². The zero-order valence-corrected chi connectivity index (χ0v) is 21.8. The van der Waals surface area contributed by atoms with Crippen molar-refractivity contribution in [2.75, 3.05) is 31.9 Å². The summed E-state index contributed by atoms with van der Waals surface area (Å²) < 4.78 is 18.1. The number of carbonyl (C=O) groups is 2. The van der Waals surface area contributed by atoms with Crippen molar-refractivity contribution in [2.24, 2.45) is 0 Å². The van der Waals surface area contributed by atoms with Crippen LogP contribution < -0.4 is 14.8 Å². The summed E-state index contributed by atoms with van der Waals surface area (Å²) in [5.41, 5.74) is 2.16. The van der Waals surface area contributed by atoms with Crippen molar-refractivity contribution in [2.45, 2.75) is 25.0 Å². The molecule has 1 aromatic heterocycles. The number of allylic oxidation sites excluding steroid dienone is 1. The molecule has 2 aromatic carbocycles. The third-order valence-electron chi connectivity index (χ3n) is 5.56. The van der Waals surface area contributed by atoms with Crippen LogP contribution in [0.3, 0.4) is 0 Å². The highest BCUT2D eigenvalue weighted by molar-refractivity contribution is 7.99. The van der Waals surface area contributed by atoms with E-state index in [1.54, 1.807) is 56.0 Å². The van der Waals surface area contributed by atoms with Crippen LogP contribution in [0.15, 0.2) is 58.9 Å². The fourth-order valence-corrected chi connectivity index (χ4v) is 4.78. The Morgan fingerprint density at radius 1 is 1.14 bits per heavy atom. The van der Waals surface area contributed by atoms with Gasteiger partial charge in [0, 0.05) is 21.8 Å². The number of thioether (sulfide) groups is 1. The summed E-state index contributed by atoms with van der Waals surface area (Å²) in [6, 6.07) is 11.4. The lowest BCUT2D eigenvalue weighted by Crippen LogP contribution is -2.30. The van der Waals surface area contributed by atoms with Crippen molar-refractivity contribution < 1.29 is 23.8 Å². The minimum atomic E-state index is -0.695. The first-order valence-corrected chi connectivity index (χ1v) is 12.5. The highest BCUT2D eigenvalue weighted by Gasteiger charge is 2.37. The predicted octanol–water partition coefficient (Wildman–Crippen LogP) is 4.78. The van der Waals surface area contributed by atoms with E-state index in [-0.39, 0.29) is 18.1 Å². The highest BCUT2D eigenvalue weighted by Crippen LogP contribution is 2.43. The molecular weight excluding hydrogens is 504 g/mol. The van der Waals surface area contributed by atoms with Gasteiger partial charge in [-0.15, -0.1) is 5.10 Å². The largest absolute Gasteiger partial charge is 0.493 e. The number of halogens is 1. The van der Waals surface area contributed by atoms with Gasteiger partial charge in [0.05, 0.1) is 32.2 Å². The molecule has 0 spiro atoms. The molecule has 0 amide bonds. The monoisotopic (exact) mass is 528 g/mol. The Hall–Kier alpha value is -3.50. The zero-order valence-electron chi connectivity index (χ0n) is 20.2. The van der Waals surface area contributed by atoms with Gasteiger partial charge in [0.25, 0.3) is 0 Å². The summed E-state index contributed by atoms with van der Waals surface area (Å²) in [4.78, 5) is 30.2. The predicted molar refractivity (Wildman–Crippen MR) is 137 cm³/mol. The number of hydrogen-bond acceptors (Lipinski definition) is 9. The van der Waals surface area contributed by atoms with Crippen molar-refractivity contribution in [1.29, 1.82) is 0 Å². The smallest absolute Gasteiger partial charge is 0.338 e. The van der Waals surface area contributed by atoms with E-state index in [1.165, 1.54) is 18.9 Å². The van der Waals surface area contributed by atoms with Crippen LogP contribution in [-0.4, -0.2) is 53.1 Å². The quantitative estimate of drug-likeness (QED) is 0.239. The molecular formula is C25H25ClN4O5S. The van der Waals surface area contributed by atoms with Crippen LogP contribution in [0, 0.1) is 0 Å². The molecule has 3 aromatic rings. The third kappa shape index (κ3) is 5.05. The Morgan fingerprint density at radius 3 is 2.56 bits per heavy atom. The summed E-state index contributed by atoms with van der Waals surface area (Å²) in [7, 11) is 3.08. The summed E-state index contributed by atoms with van der Waals surface area (Å²) in [6.45, 7) is 3.75. The molecule has 9 nitrogen and oxygen atoms in total. The SMILES string of the molecule is CCOC(=O)C1=C(C)Nc2nc(SCC(=O)c3ccc(Cl)cc3)nn2[C@@H]1c1cccc(OC)c1OC. The molecule has 0 radical (unpaired) electrons. The van der Waals surface area contributed by atoms with Gasteiger partial charge in [-0.25, -0.2) is 9.48 Å². The molecule has 0 bridgehead atoms. The number of ether oxygens (including phenoxy) is 3. The number of nitrogens with zero attached hydrogens (tertiary/aromatic N) is 3. The Labute approximate surface area is 217 Å². The Kier molecular flexibility index (Phi) is 7.85. The number of rotatable bonds is 9. The summed E-state index contributed by atoms with van der Waals surface area (Å²) in [5, 5.41) is 8.73. The van der Waals surface area contributed by atoms with Crippen LogP contribution in [0.2, 0.25) is 5.02 Å². The number of esters is 1. The molecule has 188 valence electrons. The topological polar surface area (TPSA) is 105 Å². The van der Waals surface area contributed by atoms with E-state index in [1.807, 2.05) is 12.1 Å². The number of ketones is 1. The van der Waals surface area contributed by atoms with Gasteiger partial charge in [-0.05, 0) is 44.2 Å². The fourth-order valence-electron chi connectivity index (χ4n) is 3.93.